The molecule has 0 heterocycles. The normalized spacial score (nSPS) is 10.5. The molecule has 0 unspecified atom stereocenters. The molecule has 0 fully saturated rings. The molecule has 0 bridgehead atoms. The molecule has 0 spiro atoms. The lowest BCUT2D eigenvalue weighted by molar-refractivity contribution is -0.160. The molecule has 0 aliphatic heterocycles. The average molecular weight is 499 g/mol. The molecule has 0 aromatic carbocycles. The van der Waals surface area contributed by atoms with Crippen LogP contribution in [0.3, 0.4) is 0 Å². The van der Waals surface area contributed by atoms with Gasteiger partial charge in [-0.25, -0.2) is 9.59 Å². The van der Waals surface area contributed by atoms with Crippen LogP contribution in [0.2, 0.25) is 0 Å². The zero-order valence-corrected chi connectivity index (χ0v) is 21.2. The van der Waals surface area contributed by atoms with Crippen molar-refractivity contribution in [2.24, 2.45) is 11.8 Å². The first-order valence-corrected chi connectivity index (χ1v) is 11.4. The van der Waals surface area contributed by atoms with Gasteiger partial charge in [0, 0.05) is 5.57 Å². The summed E-state index contributed by atoms with van der Waals surface area (Å²) in [4.78, 5) is 71.8. The molecule has 4 N–H and O–H groups in total. The van der Waals surface area contributed by atoms with Gasteiger partial charge in [0.05, 0.1) is 32.8 Å². The number of esters is 2. The van der Waals surface area contributed by atoms with Crippen LogP contribution in [0.25, 0.3) is 0 Å². The average Bonchev–Trinajstić information content (AvgIpc) is 2.77. The number of rotatable bonds is 16. The van der Waals surface area contributed by atoms with Crippen molar-refractivity contribution in [2.75, 3.05) is 32.8 Å². The van der Waals surface area contributed by atoms with E-state index >= 15 is 0 Å². The van der Waals surface area contributed by atoms with Gasteiger partial charge in [-0.2, -0.15) is 0 Å². The second kappa shape index (κ2) is 17.1. The molecule has 0 aliphatic carbocycles. The second-order valence-electron chi connectivity index (χ2n) is 8.72. The van der Waals surface area contributed by atoms with Crippen molar-refractivity contribution in [3.8, 4) is 0 Å². The Balaban J connectivity index is 4.67. The Bertz CT molecular complexity index is 753. The molecular weight excluding hydrogens is 460 g/mol. The SMILES string of the molecule is C=C(C)C(=O)NCC(=O)NCC(=O)NCC(=O)NC(C(=O)OCCC(C)C)C(=O)OCCC(C)C. The van der Waals surface area contributed by atoms with Crippen LogP contribution in [0.1, 0.15) is 47.5 Å². The number of carbonyl (C=O) groups is 6. The Labute approximate surface area is 205 Å². The first-order chi connectivity index (χ1) is 16.3. The van der Waals surface area contributed by atoms with E-state index in [-0.39, 0.29) is 37.2 Å². The maximum Gasteiger partial charge on any atom is 0.340 e. The summed E-state index contributed by atoms with van der Waals surface area (Å²) >= 11 is 0. The number of hydrogen-bond donors (Lipinski definition) is 4. The van der Waals surface area contributed by atoms with Crippen molar-refractivity contribution < 1.29 is 38.2 Å². The summed E-state index contributed by atoms with van der Waals surface area (Å²) in [5.74, 6) is -4.01. The van der Waals surface area contributed by atoms with Gasteiger partial charge in [0.2, 0.25) is 29.7 Å². The number of amides is 4. The molecule has 12 nitrogen and oxygen atoms in total. The lowest BCUT2D eigenvalue weighted by atomic mass is 10.1. The van der Waals surface area contributed by atoms with Crippen LogP contribution in [-0.2, 0) is 38.2 Å². The highest BCUT2D eigenvalue weighted by molar-refractivity contribution is 6.03. The van der Waals surface area contributed by atoms with E-state index in [9.17, 15) is 28.8 Å². The third-order valence-electron chi connectivity index (χ3n) is 4.35. The maximum absolute atomic E-state index is 12.4. The lowest BCUT2D eigenvalue weighted by Gasteiger charge is -2.18. The third-order valence-corrected chi connectivity index (χ3v) is 4.35. The van der Waals surface area contributed by atoms with Crippen molar-refractivity contribution in [3.63, 3.8) is 0 Å². The maximum atomic E-state index is 12.4. The highest BCUT2D eigenvalue weighted by atomic mass is 16.6. The molecule has 198 valence electrons. The van der Waals surface area contributed by atoms with Crippen molar-refractivity contribution >= 4 is 35.6 Å². The Morgan fingerprint density at radius 1 is 0.686 bits per heavy atom. The second-order valence-corrected chi connectivity index (χ2v) is 8.72. The van der Waals surface area contributed by atoms with Crippen LogP contribution >= 0.6 is 0 Å². The summed E-state index contributed by atoms with van der Waals surface area (Å²) < 4.78 is 10.2. The van der Waals surface area contributed by atoms with Gasteiger partial charge in [0.15, 0.2) is 0 Å². The molecule has 4 amide bonds. The summed E-state index contributed by atoms with van der Waals surface area (Å²) in [6, 6.07) is -1.67. The molecular formula is C23H38N4O8. The smallest absolute Gasteiger partial charge is 0.340 e. The molecule has 0 aliphatic rings. The quantitative estimate of drug-likeness (QED) is 0.126. The van der Waals surface area contributed by atoms with E-state index in [4.69, 9.17) is 9.47 Å². The van der Waals surface area contributed by atoms with Crippen LogP contribution in [0, 0.1) is 11.8 Å². The first-order valence-electron chi connectivity index (χ1n) is 11.4. The van der Waals surface area contributed by atoms with Crippen LogP contribution in [-0.4, -0.2) is 74.5 Å². The highest BCUT2D eigenvalue weighted by Gasteiger charge is 2.31. The molecule has 0 rings (SSSR count). The zero-order chi connectivity index (χ0) is 27.0. The minimum absolute atomic E-state index is 0.0748. The fourth-order valence-corrected chi connectivity index (χ4v) is 2.18. The predicted octanol–water partition coefficient (Wildman–Crippen LogP) is -0.425. The molecule has 0 aromatic rings. The summed E-state index contributed by atoms with van der Waals surface area (Å²) in [6.45, 7) is 11.5. The largest absolute Gasteiger partial charge is 0.464 e. The van der Waals surface area contributed by atoms with E-state index in [1.54, 1.807) is 0 Å². The Morgan fingerprint density at radius 3 is 1.49 bits per heavy atom. The van der Waals surface area contributed by atoms with E-state index in [0.717, 1.165) is 0 Å². The molecule has 0 saturated heterocycles. The highest BCUT2D eigenvalue weighted by Crippen LogP contribution is 2.03. The van der Waals surface area contributed by atoms with Gasteiger partial charge >= 0.3 is 11.9 Å². The number of hydrogen-bond acceptors (Lipinski definition) is 8. The minimum Gasteiger partial charge on any atom is -0.464 e. The zero-order valence-electron chi connectivity index (χ0n) is 21.2. The lowest BCUT2D eigenvalue weighted by Crippen LogP contribution is -2.51. The summed E-state index contributed by atoms with van der Waals surface area (Å²) in [5.41, 5.74) is 0.229. The van der Waals surface area contributed by atoms with Gasteiger partial charge in [-0.1, -0.05) is 34.3 Å². The number of carbonyl (C=O) groups excluding carboxylic acids is 6. The monoisotopic (exact) mass is 498 g/mol. The van der Waals surface area contributed by atoms with Gasteiger partial charge in [0.25, 0.3) is 0 Å². The van der Waals surface area contributed by atoms with Crippen LogP contribution in [0.4, 0.5) is 0 Å². The Kier molecular flexibility index (Phi) is 15.4. The predicted molar refractivity (Wildman–Crippen MR) is 127 cm³/mol. The van der Waals surface area contributed by atoms with Crippen molar-refractivity contribution in [1.29, 1.82) is 0 Å². The van der Waals surface area contributed by atoms with Crippen LogP contribution < -0.4 is 21.3 Å². The van der Waals surface area contributed by atoms with Crippen molar-refractivity contribution in [3.05, 3.63) is 12.2 Å². The molecule has 0 radical (unpaired) electrons. The number of nitrogens with one attached hydrogen (secondary N) is 4. The van der Waals surface area contributed by atoms with Gasteiger partial charge in [0.1, 0.15) is 0 Å². The topological polar surface area (TPSA) is 169 Å². The standard InChI is InChI=1S/C23H38N4O8/c1-14(2)7-9-34-22(32)20(23(33)35-10-8-15(3)4)27-19(30)13-25-17(28)11-24-18(29)12-26-21(31)16(5)6/h14-15,20H,5,7-13H2,1-4,6H3,(H,24,29)(H,25,28)(H,26,31)(H,27,30). The Hall–Kier alpha value is -3.44. The summed E-state index contributed by atoms with van der Waals surface area (Å²) in [5, 5.41) is 9.03. The molecule has 0 saturated carbocycles. The molecule has 12 heteroatoms. The van der Waals surface area contributed by atoms with Crippen molar-refractivity contribution in [1.82, 2.24) is 21.3 Å². The van der Waals surface area contributed by atoms with Gasteiger partial charge in [-0.15, -0.1) is 0 Å². The van der Waals surface area contributed by atoms with Gasteiger partial charge < -0.3 is 30.7 Å². The van der Waals surface area contributed by atoms with Gasteiger partial charge in [-0.05, 0) is 31.6 Å². The van der Waals surface area contributed by atoms with E-state index in [1.807, 2.05) is 27.7 Å². The first kappa shape index (κ1) is 31.6. The van der Waals surface area contributed by atoms with E-state index in [1.165, 1.54) is 6.92 Å². The van der Waals surface area contributed by atoms with Crippen LogP contribution in [0.15, 0.2) is 12.2 Å². The fourth-order valence-electron chi connectivity index (χ4n) is 2.18. The van der Waals surface area contributed by atoms with Crippen molar-refractivity contribution in [2.45, 2.75) is 53.5 Å². The summed E-state index contributed by atoms with van der Waals surface area (Å²) in [6.07, 6.45) is 1.15. The molecule has 0 atom stereocenters. The fraction of sp³-hybridized carbons (Fsp3) is 0.652. The summed E-state index contributed by atoms with van der Waals surface area (Å²) in [7, 11) is 0. The Morgan fingerprint density at radius 2 is 1.09 bits per heavy atom. The molecule has 0 aromatic heterocycles. The minimum atomic E-state index is -1.67. The van der Waals surface area contributed by atoms with Crippen LogP contribution in [0.5, 0.6) is 0 Å². The van der Waals surface area contributed by atoms with E-state index in [0.29, 0.717) is 12.8 Å². The third kappa shape index (κ3) is 15.9. The number of ether oxygens (including phenoxy) is 2. The van der Waals surface area contributed by atoms with Gasteiger partial charge in [-0.3, -0.25) is 19.2 Å². The van der Waals surface area contributed by atoms with E-state index < -0.39 is 54.7 Å². The molecule has 35 heavy (non-hydrogen) atoms. The van der Waals surface area contributed by atoms with E-state index in [2.05, 4.69) is 27.8 Å².